The smallest absolute Gasteiger partial charge is 0.330 e. The fourth-order valence-electron chi connectivity index (χ4n) is 3.97. The monoisotopic (exact) mass is 350 g/mol. The standard InChI is InChI=1S/C18H21F3N4/c1-9(2)17-24-15(8-25(17)16-12-6-22-7-13(12)16)11-4-14(18(19,20)21)10(3)23-5-11/h4-5,8-9,12-13,16,22H,6-7H2,1-3H3/t12-,13+,16?. The van der Waals surface area contributed by atoms with Gasteiger partial charge in [0.25, 0.3) is 0 Å². The molecule has 2 fully saturated rings. The van der Waals surface area contributed by atoms with E-state index < -0.39 is 11.7 Å². The molecule has 1 aliphatic heterocycles. The number of halogens is 3. The van der Waals surface area contributed by atoms with Gasteiger partial charge in [0.05, 0.1) is 11.3 Å². The Morgan fingerprint density at radius 1 is 1.24 bits per heavy atom. The molecule has 0 radical (unpaired) electrons. The van der Waals surface area contributed by atoms with Gasteiger partial charge in [-0.1, -0.05) is 13.8 Å². The number of aromatic nitrogens is 3. The molecule has 0 spiro atoms. The molecule has 7 heteroatoms. The van der Waals surface area contributed by atoms with E-state index in [0.29, 0.717) is 29.1 Å². The van der Waals surface area contributed by atoms with E-state index in [1.165, 1.54) is 13.1 Å². The maximum absolute atomic E-state index is 13.2. The molecule has 4 nitrogen and oxygen atoms in total. The van der Waals surface area contributed by atoms with Crippen molar-refractivity contribution in [3.05, 3.63) is 35.5 Å². The highest BCUT2D eigenvalue weighted by Gasteiger charge is 2.54. The Morgan fingerprint density at radius 2 is 1.92 bits per heavy atom. The fraction of sp³-hybridized carbons (Fsp3) is 0.556. The molecule has 134 valence electrons. The Hall–Kier alpha value is -1.89. The summed E-state index contributed by atoms with van der Waals surface area (Å²) in [7, 11) is 0. The number of hydrogen-bond donors (Lipinski definition) is 1. The van der Waals surface area contributed by atoms with Crippen LogP contribution in [0.2, 0.25) is 0 Å². The lowest BCUT2D eigenvalue weighted by atomic mass is 10.1. The number of rotatable bonds is 3. The first-order chi connectivity index (χ1) is 11.8. The van der Waals surface area contributed by atoms with Crippen molar-refractivity contribution < 1.29 is 13.2 Å². The molecular weight excluding hydrogens is 329 g/mol. The van der Waals surface area contributed by atoms with Gasteiger partial charge < -0.3 is 9.88 Å². The number of aryl methyl sites for hydroxylation is 1. The van der Waals surface area contributed by atoms with Crippen LogP contribution in [0.1, 0.15) is 42.9 Å². The van der Waals surface area contributed by atoms with E-state index in [2.05, 4.69) is 33.7 Å². The van der Waals surface area contributed by atoms with E-state index >= 15 is 0 Å². The Morgan fingerprint density at radius 3 is 2.52 bits per heavy atom. The molecule has 1 N–H and O–H groups in total. The third-order valence-electron chi connectivity index (χ3n) is 5.33. The molecule has 2 aromatic heterocycles. The normalized spacial score (nSPS) is 25.5. The lowest BCUT2D eigenvalue weighted by Gasteiger charge is -2.12. The van der Waals surface area contributed by atoms with Crippen molar-refractivity contribution in [2.45, 2.75) is 38.9 Å². The van der Waals surface area contributed by atoms with E-state index in [0.717, 1.165) is 25.0 Å². The van der Waals surface area contributed by atoms with E-state index in [4.69, 9.17) is 0 Å². The van der Waals surface area contributed by atoms with E-state index in [9.17, 15) is 13.2 Å². The molecule has 0 bridgehead atoms. The van der Waals surface area contributed by atoms with E-state index in [1.54, 1.807) is 0 Å². The fourth-order valence-corrected chi connectivity index (χ4v) is 3.97. The van der Waals surface area contributed by atoms with Crippen LogP contribution in [0.4, 0.5) is 13.2 Å². The second-order valence-electron chi connectivity index (χ2n) is 7.38. The summed E-state index contributed by atoms with van der Waals surface area (Å²) in [5.74, 6) is 2.37. The first-order valence-corrected chi connectivity index (χ1v) is 8.61. The van der Waals surface area contributed by atoms with Gasteiger partial charge in [-0.2, -0.15) is 13.2 Å². The van der Waals surface area contributed by atoms with Crippen LogP contribution in [0.15, 0.2) is 18.5 Å². The van der Waals surface area contributed by atoms with E-state index in [-0.39, 0.29) is 11.6 Å². The Kier molecular flexibility index (Phi) is 3.68. The minimum absolute atomic E-state index is 0.0115. The maximum atomic E-state index is 13.2. The predicted octanol–water partition coefficient (Wildman–Crippen LogP) is 3.79. The zero-order valence-corrected chi connectivity index (χ0v) is 14.4. The summed E-state index contributed by atoms with van der Waals surface area (Å²) in [6.45, 7) is 7.51. The van der Waals surface area contributed by atoms with Gasteiger partial charge >= 0.3 is 6.18 Å². The third kappa shape index (κ3) is 2.74. The van der Waals surface area contributed by atoms with Crippen molar-refractivity contribution in [1.82, 2.24) is 19.9 Å². The summed E-state index contributed by atoms with van der Waals surface area (Å²) in [4.78, 5) is 8.60. The summed E-state index contributed by atoms with van der Waals surface area (Å²) < 4.78 is 41.7. The molecule has 4 rings (SSSR count). The zero-order chi connectivity index (χ0) is 17.9. The molecule has 0 aromatic carbocycles. The second-order valence-corrected chi connectivity index (χ2v) is 7.38. The molecule has 2 aliphatic rings. The number of imidazole rings is 1. The highest BCUT2D eigenvalue weighted by atomic mass is 19.4. The molecule has 1 saturated carbocycles. The summed E-state index contributed by atoms with van der Waals surface area (Å²) >= 11 is 0. The van der Waals surface area contributed by atoms with Crippen molar-refractivity contribution in [3.63, 3.8) is 0 Å². The average molecular weight is 350 g/mol. The molecule has 25 heavy (non-hydrogen) atoms. The van der Waals surface area contributed by atoms with Gasteiger partial charge in [-0.25, -0.2) is 4.98 Å². The number of nitrogens with one attached hydrogen (secondary N) is 1. The third-order valence-corrected chi connectivity index (χ3v) is 5.33. The first-order valence-electron chi connectivity index (χ1n) is 8.61. The van der Waals surface area contributed by atoms with Crippen molar-refractivity contribution in [2.75, 3.05) is 13.1 Å². The number of alkyl halides is 3. The van der Waals surface area contributed by atoms with Crippen LogP contribution in [-0.2, 0) is 6.18 Å². The van der Waals surface area contributed by atoms with Crippen LogP contribution in [0, 0.1) is 18.8 Å². The Balaban J connectivity index is 1.74. The summed E-state index contributed by atoms with van der Waals surface area (Å²) in [5, 5.41) is 3.37. The predicted molar refractivity (Wildman–Crippen MR) is 88.2 cm³/mol. The maximum Gasteiger partial charge on any atom is 0.418 e. The van der Waals surface area contributed by atoms with Crippen molar-refractivity contribution in [2.24, 2.45) is 11.8 Å². The number of fused-ring (bicyclic) bond motifs is 1. The van der Waals surface area contributed by atoms with Crippen LogP contribution in [0.5, 0.6) is 0 Å². The van der Waals surface area contributed by atoms with Crippen molar-refractivity contribution >= 4 is 0 Å². The largest absolute Gasteiger partial charge is 0.418 e. The minimum atomic E-state index is -4.41. The van der Waals surface area contributed by atoms with Crippen LogP contribution < -0.4 is 5.32 Å². The van der Waals surface area contributed by atoms with Crippen molar-refractivity contribution in [3.8, 4) is 11.3 Å². The highest BCUT2D eigenvalue weighted by molar-refractivity contribution is 5.59. The van der Waals surface area contributed by atoms with Crippen LogP contribution >= 0.6 is 0 Å². The van der Waals surface area contributed by atoms with Gasteiger partial charge in [-0.15, -0.1) is 0 Å². The number of piperidine rings is 1. The SMILES string of the molecule is Cc1ncc(-c2cn(C3[C@H]4CNC[C@@H]34)c(C(C)C)n2)cc1C(F)(F)F. The van der Waals surface area contributed by atoms with E-state index in [1.807, 2.05) is 6.20 Å². The molecule has 3 atom stereocenters. The van der Waals surface area contributed by atoms with Gasteiger partial charge in [0, 0.05) is 48.7 Å². The zero-order valence-electron chi connectivity index (χ0n) is 14.4. The lowest BCUT2D eigenvalue weighted by molar-refractivity contribution is -0.138. The van der Waals surface area contributed by atoms with Gasteiger partial charge in [-0.05, 0) is 24.8 Å². The Labute approximate surface area is 144 Å². The summed E-state index contributed by atoms with van der Waals surface area (Å²) in [6.07, 6.45) is -1.02. The van der Waals surface area contributed by atoms with Gasteiger partial charge in [0.2, 0.25) is 0 Å². The van der Waals surface area contributed by atoms with Crippen LogP contribution in [0.3, 0.4) is 0 Å². The number of nitrogens with zero attached hydrogens (tertiary/aromatic N) is 3. The lowest BCUT2D eigenvalue weighted by Crippen LogP contribution is -2.17. The molecule has 1 saturated heterocycles. The molecular formula is C18H21F3N4. The van der Waals surface area contributed by atoms with Gasteiger partial charge in [0.1, 0.15) is 5.82 Å². The topological polar surface area (TPSA) is 42.7 Å². The summed E-state index contributed by atoms with van der Waals surface area (Å²) in [5.41, 5.74) is 0.280. The minimum Gasteiger partial charge on any atom is -0.330 e. The second kappa shape index (κ2) is 5.56. The van der Waals surface area contributed by atoms with Crippen LogP contribution in [0.25, 0.3) is 11.3 Å². The van der Waals surface area contributed by atoms with Gasteiger partial charge in [0.15, 0.2) is 0 Å². The highest BCUT2D eigenvalue weighted by Crippen LogP contribution is 2.53. The average Bonchev–Trinajstić information content (AvgIpc) is 2.93. The number of hydrogen-bond acceptors (Lipinski definition) is 3. The molecule has 2 aromatic rings. The van der Waals surface area contributed by atoms with Crippen molar-refractivity contribution in [1.29, 1.82) is 0 Å². The first kappa shape index (κ1) is 16.6. The summed E-state index contributed by atoms with van der Waals surface area (Å²) in [6, 6.07) is 1.58. The van der Waals surface area contributed by atoms with Gasteiger partial charge in [-0.3, -0.25) is 4.98 Å². The molecule has 1 aliphatic carbocycles. The number of pyridine rings is 1. The van der Waals surface area contributed by atoms with Crippen LogP contribution in [-0.4, -0.2) is 27.6 Å². The molecule has 0 amide bonds. The molecule has 3 heterocycles. The molecule has 1 unspecified atom stereocenters. The quantitative estimate of drug-likeness (QED) is 0.916. The Bertz CT molecular complexity index is 799.